The molecule has 0 fully saturated rings. The Kier molecular flexibility index (Phi) is 6.10. The molecule has 2 heteroatoms. The molecule has 8 rings (SSSR count). The fraction of sp³-hybridized carbons (Fsp3) is 0.0769. The Bertz CT molecular complexity index is 2010. The largest absolute Gasteiger partial charge is 0.101 e. The highest BCUT2D eigenvalue weighted by molar-refractivity contribution is 7.64. The first-order valence-corrected chi connectivity index (χ1v) is 18.6. The van der Waals surface area contributed by atoms with Gasteiger partial charge in [0.1, 0.15) is 8.80 Å². The van der Waals surface area contributed by atoms with Gasteiger partial charge in [0.05, 0.1) is 0 Å². The predicted molar refractivity (Wildman–Crippen MR) is 184 cm³/mol. The molecule has 1 atom stereocenters. The van der Waals surface area contributed by atoms with Crippen LogP contribution in [-0.4, -0.2) is 8.80 Å². The molecule has 0 saturated carbocycles. The van der Waals surface area contributed by atoms with E-state index in [0.717, 1.165) is 12.3 Å². The van der Waals surface area contributed by atoms with E-state index in [9.17, 15) is 0 Å². The minimum Gasteiger partial charge on any atom is -0.0664 e. The normalized spacial score (nSPS) is 14.1. The van der Waals surface area contributed by atoms with Gasteiger partial charge in [-0.05, 0) is 72.2 Å². The first kappa shape index (κ1) is 24.7. The summed E-state index contributed by atoms with van der Waals surface area (Å²) in [6.07, 6.45) is 2.24. The minimum absolute atomic E-state index is 0.421. The highest BCUT2D eigenvalue weighted by Crippen LogP contribution is 2.52. The second-order valence-corrected chi connectivity index (χ2v) is 16.3. The van der Waals surface area contributed by atoms with Crippen molar-refractivity contribution in [2.45, 2.75) is 18.9 Å². The van der Waals surface area contributed by atoms with E-state index < -0.39 is 16.7 Å². The molecule has 1 heterocycles. The Labute approximate surface area is 244 Å². The summed E-state index contributed by atoms with van der Waals surface area (Å²) in [5, 5.41) is 12.8. The van der Waals surface area contributed by atoms with E-state index in [1.165, 1.54) is 59.8 Å². The SMILES string of the molecule is C[Si@H](c1ccc2ccccc2c1)c1ccccc1P1Cc2ccc3ccccc3c2-c2c(ccc3ccccc23)C1. The van der Waals surface area contributed by atoms with Crippen molar-refractivity contribution in [3.05, 3.63) is 151 Å². The van der Waals surface area contributed by atoms with Gasteiger partial charge in [0.15, 0.2) is 0 Å². The van der Waals surface area contributed by atoms with Crippen LogP contribution in [0.4, 0.5) is 0 Å². The molecule has 0 radical (unpaired) electrons. The number of benzene rings is 7. The summed E-state index contributed by atoms with van der Waals surface area (Å²) in [7, 11) is -1.81. The summed E-state index contributed by atoms with van der Waals surface area (Å²) >= 11 is 0. The fourth-order valence-corrected chi connectivity index (χ4v) is 12.7. The lowest BCUT2D eigenvalue weighted by atomic mass is 9.88. The zero-order chi connectivity index (χ0) is 27.3. The molecule has 7 aromatic rings. The van der Waals surface area contributed by atoms with Crippen LogP contribution in [0, 0.1) is 0 Å². The van der Waals surface area contributed by atoms with Crippen molar-refractivity contribution < 1.29 is 0 Å². The van der Waals surface area contributed by atoms with E-state index in [1.807, 2.05) is 0 Å². The van der Waals surface area contributed by atoms with Crippen molar-refractivity contribution >= 4 is 64.7 Å². The van der Waals surface area contributed by atoms with E-state index in [0.29, 0.717) is 0 Å². The average molecular weight is 559 g/mol. The van der Waals surface area contributed by atoms with Crippen LogP contribution in [-0.2, 0) is 12.3 Å². The molecule has 0 N–H and O–H groups in total. The Morgan fingerprint density at radius 2 is 1.00 bits per heavy atom. The van der Waals surface area contributed by atoms with Gasteiger partial charge < -0.3 is 0 Å². The lowest BCUT2D eigenvalue weighted by Crippen LogP contribution is -2.46. The third-order valence-corrected chi connectivity index (χ3v) is 14.6. The Morgan fingerprint density at radius 3 is 1.66 bits per heavy atom. The number of fused-ring (bicyclic) bond motifs is 8. The molecule has 0 aromatic heterocycles. The van der Waals surface area contributed by atoms with E-state index in [1.54, 1.807) is 10.5 Å². The number of hydrogen-bond acceptors (Lipinski definition) is 0. The van der Waals surface area contributed by atoms with Gasteiger partial charge in [-0.15, -0.1) is 0 Å². The van der Waals surface area contributed by atoms with Crippen LogP contribution in [0.1, 0.15) is 11.1 Å². The molecule has 1 aliphatic rings. The van der Waals surface area contributed by atoms with Crippen LogP contribution >= 0.6 is 7.92 Å². The lowest BCUT2D eigenvalue weighted by Gasteiger charge is -2.24. The quantitative estimate of drug-likeness (QED) is 0.150. The molecule has 0 amide bonds. The van der Waals surface area contributed by atoms with Gasteiger partial charge in [-0.25, -0.2) is 0 Å². The van der Waals surface area contributed by atoms with Crippen LogP contribution in [0.25, 0.3) is 43.4 Å². The van der Waals surface area contributed by atoms with Crippen molar-refractivity contribution in [2.24, 2.45) is 0 Å². The van der Waals surface area contributed by atoms with E-state index in [4.69, 9.17) is 0 Å². The molecule has 1 aliphatic heterocycles. The van der Waals surface area contributed by atoms with Crippen LogP contribution in [0.2, 0.25) is 6.55 Å². The van der Waals surface area contributed by atoms with Gasteiger partial charge in [-0.3, -0.25) is 0 Å². The van der Waals surface area contributed by atoms with Gasteiger partial charge in [0.2, 0.25) is 0 Å². The second-order valence-electron chi connectivity index (χ2n) is 11.4. The monoisotopic (exact) mass is 558 g/mol. The molecule has 0 unspecified atom stereocenters. The van der Waals surface area contributed by atoms with Crippen molar-refractivity contribution in [1.29, 1.82) is 0 Å². The maximum Gasteiger partial charge on any atom is 0.101 e. The van der Waals surface area contributed by atoms with Crippen LogP contribution < -0.4 is 15.7 Å². The second kappa shape index (κ2) is 10.1. The molecule has 0 bridgehead atoms. The van der Waals surface area contributed by atoms with Crippen LogP contribution in [0.15, 0.2) is 140 Å². The summed E-state index contributed by atoms with van der Waals surface area (Å²) in [5.74, 6) is 0. The summed E-state index contributed by atoms with van der Waals surface area (Å²) in [4.78, 5) is 0. The first-order valence-electron chi connectivity index (χ1n) is 14.6. The average Bonchev–Trinajstić information content (AvgIpc) is 3.21. The van der Waals surface area contributed by atoms with Crippen molar-refractivity contribution in [1.82, 2.24) is 0 Å². The Hall–Kier alpha value is -4.03. The molecular weight excluding hydrogens is 527 g/mol. The molecule has 41 heavy (non-hydrogen) atoms. The molecule has 0 aliphatic carbocycles. The van der Waals surface area contributed by atoms with Crippen molar-refractivity contribution in [3.8, 4) is 11.1 Å². The van der Waals surface area contributed by atoms with Gasteiger partial charge in [0.25, 0.3) is 0 Å². The van der Waals surface area contributed by atoms with Gasteiger partial charge in [0, 0.05) is 0 Å². The zero-order valence-corrected chi connectivity index (χ0v) is 25.3. The molecule has 7 aromatic carbocycles. The van der Waals surface area contributed by atoms with Gasteiger partial charge in [-0.2, -0.15) is 0 Å². The summed E-state index contributed by atoms with van der Waals surface area (Å²) in [6.45, 7) is 2.53. The molecule has 0 nitrogen and oxygen atoms in total. The number of rotatable bonds is 3. The third-order valence-electron chi connectivity index (χ3n) is 9.02. The fourth-order valence-electron chi connectivity index (χ4n) is 6.92. The highest BCUT2D eigenvalue weighted by atomic mass is 31.1. The minimum atomic E-state index is -1.39. The third kappa shape index (κ3) is 4.24. The molecule has 0 saturated heterocycles. The molecular formula is C39H31PSi. The van der Waals surface area contributed by atoms with Crippen LogP contribution in [0.5, 0.6) is 0 Å². The lowest BCUT2D eigenvalue weighted by molar-refractivity contribution is 1.40. The predicted octanol–water partition coefficient (Wildman–Crippen LogP) is 8.61. The highest BCUT2D eigenvalue weighted by Gasteiger charge is 2.27. The van der Waals surface area contributed by atoms with E-state index in [-0.39, 0.29) is 0 Å². The van der Waals surface area contributed by atoms with E-state index >= 15 is 0 Å². The maximum absolute atomic E-state index is 2.53. The smallest absolute Gasteiger partial charge is 0.0664 e. The summed E-state index contributed by atoms with van der Waals surface area (Å²) < 4.78 is 0. The van der Waals surface area contributed by atoms with Crippen LogP contribution in [0.3, 0.4) is 0 Å². The van der Waals surface area contributed by atoms with Gasteiger partial charge in [-0.1, -0.05) is 164 Å². The summed E-state index contributed by atoms with van der Waals surface area (Å²) in [6, 6.07) is 52.8. The van der Waals surface area contributed by atoms with Crippen molar-refractivity contribution in [3.63, 3.8) is 0 Å². The number of hydrogen-bond donors (Lipinski definition) is 0. The summed E-state index contributed by atoms with van der Waals surface area (Å²) in [5.41, 5.74) is 5.91. The first-order chi connectivity index (χ1) is 20.2. The Morgan fingerprint density at radius 1 is 0.488 bits per heavy atom. The Balaban J connectivity index is 1.31. The maximum atomic E-state index is 2.53. The topological polar surface area (TPSA) is 0 Å². The van der Waals surface area contributed by atoms with Crippen molar-refractivity contribution in [2.75, 3.05) is 0 Å². The standard InChI is InChI=1S/C39H31PSi/c1-41(33-23-22-27-10-2-3-13-30(27)24-33)37-17-9-8-16-36(37)40-25-31-20-18-28-11-4-6-14-34(28)38(31)39-32(26-40)21-19-29-12-5-7-15-35(29)39/h2-24,41H,25-26H2,1H3/t41-/m1/s1. The molecule has 0 spiro atoms. The van der Waals surface area contributed by atoms with Gasteiger partial charge >= 0.3 is 0 Å². The zero-order valence-electron chi connectivity index (χ0n) is 23.2. The molecule has 196 valence electrons. The van der Waals surface area contributed by atoms with E-state index in [2.05, 4.69) is 146 Å².